The maximum atomic E-state index is 11.9. The van der Waals surface area contributed by atoms with E-state index in [4.69, 9.17) is 102 Å². The molecule has 12 aromatic rings. The topological polar surface area (TPSA) is 722 Å². The fourth-order valence-corrected chi connectivity index (χ4v) is 29.1. The second-order valence-corrected chi connectivity index (χ2v) is 53.5. The minimum absolute atomic E-state index is 0.230. The predicted molar refractivity (Wildman–Crippen MR) is 544 cm³/mol. The van der Waals surface area contributed by atoms with Crippen LogP contribution in [0.4, 0.5) is 23.3 Å². The number of aromatic nitrogens is 16. The number of rotatable bonds is 34. The van der Waals surface area contributed by atoms with Gasteiger partial charge in [0.2, 0.25) is 0 Å². The zero-order valence-corrected chi connectivity index (χ0v) is 87.6. The summed E-state index contributed by atoms with van der Waals surface area (Å²) in [5.74, 6) is -4.69. The van der Waals surface area contributed by atoms with E-state index in [0.717, 1.165) is 22.3 Å². The monoisotopic (exact) mass is 2240 g/mol. The summed E-state index contributed by atoms with van der Waals surface area (Å²) in [7, 11) is -19.2. The molecule has 5 aliphatic heterocycles. The highest BCUT2D eigenvalue weighted by atomic mass is 35.9. The Morgan fingerprint density at radius 2 is 0.680 bits per heavy atom. The number of anilines is 4. The lowest BCUT2D eigenvalue weighted by atomic mass is 9.90. The van der Waals surface area contributed by atoms with Crippen molar-refractivity contribution in [1.82, 2.24) is 78.1 Å². The van der Waals surface area contributed by atoms with Crippen LogP contribution in [0, 0.1) is 6.92 Å². The molecular weight excluding hydrogens is 2130 g/mol. The number of fused-ring (bicyclic) bond motifs is 4. The Hall–Kier alpha value is -8.86. The molecule has 0 spiro atoms. The molecule has 5 aliphatic rings. The van der Waals surface area contributed by atoms with Gasteiger partial charge in [0.1, 0.15) is 90.8 Å². The third-order valence-corrected chi connectivity index (χ3v) is 36.4. The highest BCUT2D eigenvalue weighted by Crippen LogP contribution is 2.72. The number of imidazole rings is 4. The summed E-state index contributed by atoms with van der Waals surface area (Å²) in [6.07, 6.45) is -10.2. The number of hydrogen-bond donors (Lipinski definition) is 20. The summed E-state index contributed by atoms with van der Waals surface area (Å²) in [6, 6.07) is 39.0. The molecule has 50 nitrogen and oxygen atoms in total. The van der Waals surface area contributed by atoms with Gasteiger partial charge < -0.3 is 139 Å². The molecule has 4 aromatic carbocycles. The number of hydrogen-bond acceptors (Lipinski definition) is 40. The molecule has 18 atom stereocenters. The Morgan fingerprint density at radius 1 is 0.401 bits per heavy atom. The number of aryl methyl sites for hydroxylation is 2. The third kappa shape index (κ3) is 31.0. The van der Waals surface area contributed by atoms with Crippen molar-refractivity contribution < 1.29 is 145 Å². The smallest absolute Gasteiger partial charge is 0.400 e. The van der Waals surface area contributed by atoms with E-state index in [9.17, 15) is 88.2 Å². The lowest BCUT2D eigenvalue weighted by Crippen LogP contribution is -2.41. The van der Waals surface area contributed by atoms with Gasteiger partial charge >= 0.3 is 37.5 Å². The van der Waals surface area contributed by atoms with Crippen LogP contribution in [0.1, 0.15) is 105 Å². The van der Waals surface area contributed by atoms with Gasteiger partial charge in [-0.3, -0.25) is 45.7 Å². The normalized spacial score (nSPS) is 24.0. The van der Waals surface area contributed by atoms with Gasteiger partial charge in [-0.25, -0.2) is 59.8 Å². The molecular formula is C86H111BCl4N20O30P6. The van der Waals surface area contributed by atoms with Gasteiger partial charge in [-0.05, 0) is 114 Å². The van der Waals surface area contributed by atoms with Gasteiger partial charge in [-0.1, -0.05) is 147 Å². The number of nitrogens with one attached hydrogen (secondary N) is 4. The molecule has 8 aromatic heterocycles. The van der Waals surface area contributed by atoms with Gasteiger partial charge in [-0.2, -0.15) is 0 Å². The van der Waals surface area contributed by atoms with Crippen molar-refractivity contribution in [2.24, 2.45) is 0 Å². The Balaban J connectivity index is 0.000000164. The fourth-order valence-electron chi connectivity index (χ4n) is 15.1. The summed E-state index contributed by atoms with van der Waals surface area (Å²) in [5, 5.41) is 114. The first kappa shape index (κ1) is 117. The van der Waals surface area contributed by atoms with Crippen molar-refractivity contribution in [3.05, 3.63) is 218 Å². The second kappa shape index (κ2) is 50.1. The van der Waals surface area contributed by atoms with Crippen molar-refractivity contribution in [3.8, 4) is 0 Å². The average Bonchev–Trinajstić information content (AvgIpc) is 1.62. The van der Waals surface area contributed by atoms with Crippen LogP contribution in [-0.4, -0.2) is 294 Å². The maximum Gasteiger partial charge on any atom is 0.486 e. The molecule has 0 radical (unpaired) electrons. The average molecular weight is 2240 g/mol. The standard InChI is InChI=1S/C20H27N5O9P2.C20H25N5O9P2.C19H21N5O4.C18H21N5O4.C8H15BO2.CH2Cl4O2P2/c2*1-2-14-23-18(21-8-12-6-4-3-5-7-12)15-19(24-14)25(10-22-15)20-17(27)16(26)13(34-20)9-33-36(31,32)11-35(28,29)30;1-2-13-22-17(20-8-11-6-4-3-5-7-11)14-18(23-13)24(10-21-14)19-16(27)15(26)12(9-25)28-19;1-10-21-16(19-7-11-5-3-2-4-6-11)13-17(22-10)23(9-20-13)18-15(26)14(25)12(8-24)27-18;1-6-9-10-7(2,3)8(4,5)11-9;2-8(3,6)1-9(4,5)7/h3-7,10,13,16-17,20,26-27H,2,8-9,11H2,1H3,(H,31,32)(H,21,23,24)(H2,28,29,30);2-7,10,13,16-17,20,26-27H,1,8-9,11H2,(H,31,32)(H,21,23,24)(H2,28,29,30);2-7,10,12,15-16,19,25-27H,1,8-9H2,(H,20,22,23);2-6,9,12,14-15,18,24-26H,7-8H2,1H3,(H,19,21,22);6H,1H2,2-5H3;1H2/t2*13-,16-,17-,20-;12-,15-,16-,19-;12-,14-,15-,18-;;/m1111../s1. The summed E-state index contributed by atoms with van der Waals surface area (Å²) in [4.78, 5) is 108. The molecule has 0 saturated carbocycles. The van der Waals surface area contributed by atoms with Gasteiger partial charge in [0.05, 0.1) is 62.9 Å². The van der Waals surface area contributed by atoms with Crippen LogP contribution in [0.5, 0.6) is 0 Å². The molecule has 61 heteroatoms. The van der Waals surface area contributed by atoms with Crippen molar-refractivity contribution >= 4 is 174 Å². The van der Waals surface area contributed by atoms with Gasteiger partial charge in [0.15, 0.2) is 116 Å². The molecule has 5 fully saturated rings. The largest absolute Gasteiger partial charge is 0.486 e. The maximum absolute atomic E-state index is 11.9. The van der Waals surface area contributed by atoms with Crippen LogP contribution in [-0.2, 0) is 97.3 Å². The molecule has 20 N–H and O–H groups in total. The minimum atomic E-state index is -4.82. The summed E-state index contributed by atoms with van der Waals surface area (Å²) in [6.45, 7) is 22.7. The van der Waals surface area contributed by atoms with E-state index in [1.54, 1.807) is 17.5 Å². The number of ether oxygens (including phenoxy) is 4. The number of aliphatic hydroxyl groups is 10. The lowest BCUT2D eigenvalue weighted by molar-refractivity contribution is -0.0511. The summed E-state index contributed by atoms with van der Waals surface area (Å²) >= 11 is 20.0. The van der Waals surface area contributed by atoms with Crippen molar-refractivity contribution in [3.63, 3.8) is 0 Å². The zero-order valence-electron chi connectivity index (χ0n) is 79.2. The van der Waals surface area contributed by atoms with Crippen LogP contribution in [0.2, 0.25) is 0 Å². The third-order valence-electron chi connectivity index (χ3n) is 23.0. The molecule has 0 aliphatic carbocycles. The fraction of sp³-hybridized carbons (Fsp3) is 0.419. The number of benzene rings is 4. The van der Waals surface area contributed by atoms with Gasteiger partial charge in [-0.15, -0.1) is 6.58 Å². The number of aliphatic hydroxyl groups excluding tert-OH is 10. The van der Waals surface area contributed by atoms with E-state index in [0.29, 0.717) is 112 Å². The second-order valence-electron chi connectivity index (χ2n) is 34.6. The van der Waals surface area contributed by atoms with Crippen LogP contribution in [0.3, 0.4) is 0 Å². The zero-order chi connectivity index (χ0) is 107. The Bertz CT molecular complexity index is 6780. The molecule has 796 valence electrons. The van der Waals surface area contributed by atoms with E-state index < -0.39 is 178 Å². The van der Waals surface area contributed by atoms with Crippen LogP contribution < -0.4 is 21.3 Å². The van der Waals surface area contributed by atoms with Crippen molar-refractivity contribution in [1.29, 1.82) is 0 Å². The van der Waals surface area contributed by atoms with E-state index in [2.05, 4.69) is 101 Å². The SMILES string of the molecule is C=CB1OC(C)(C)C(C)(C)O1.C=Cc1nc(NCc2ccccc2)c2ncn([C@@H]3O[C@H](CO)[C@@H](O)[C@H]3O)c2n1.C=Cc1nc(NCc2ccccc2)c2ncn([C@@H]3O[C@H](COP(=O)(O)CP(=O)(O)O)[C@@H](O)[C@H]3O)c2n1.CCc1nc(NCc2ccccc2)c2ncn([C@@H]3O[C@H](COP(=O)(O)CP(=O)(O)O)[C@@H](O)[C@H]3O)c2n1.Cc1nc(NCc2ccccc2)c2ncn([C@@H]3O[C@H](CO)[C@@H](O)[C@H]3O)c2n1.O=P(Cl)(Cl)CP(=O)(Cl)Cl. The lowest BCUT2D eigenvalue weighted by Gasteiger charge is -2.32. The van der Waals surface area contributed by atoms with Gasteiger partial charge in [0, 0.05) is 32.6 Å². The number of halogens is 4. The van der Waals surface area contributed by atoms with Crippen molar-refractivity contribution in [2.75, 3.05) is 65.4 Å². The van der Waals surface area contributed by atoms with Crippen LogP contribution in [0.15, 0.2) is 172 Å². The van der Waals surface area contributed by atoms with Crippen LogP contribution in [0.25, 0.3) is 56.8 Å². The highest BCUT2D eigenvalue weighted by molar-refractivity contribution is 8.21. The molecule has 147 heavy (non-hydrogen) atoms. The molecule has 5 saturated heterocycles. The van der Waals surface area contributed by atoms with E-state index in [1.807, 2.05) is 156 Å². The van der Waals surface area contributed by atoms with Gasteiger partial charge in [0.25, 0.3) is 11.7 Å². The summed E-state index contributed by atoms with van der Waals surface area (Å²) < 4.78 is 116. The first-order valence-electron chi connectivity index (χ1n) is 44.8. The Labute approximate surface area is 859 Å². The summed E-state index contributed by atoms with van der Waals surface area (Å²) in [5.41, 5.74) is 7.08. The molecule has 17 rings (SSSR count). The Kier molecular flexibility index (Phi) is 39.8. The Morgan fingerprint density at radius 3 is 0.939 bits per heavy atom. The molecule has 0 amide bonds. The minimum Gasteiger partial charge on any atom is -0.400 e. The van der Waals surface area contributed by atoms with Crippen LogP contribution >= 0.6 is 87.0 Å². The first-order chi connectivity index (χ1) is 69.2. The highest BCUT2D eigenvalue weighted by Gasteiger charge is 2.52. The number of nitrogens with zero attached hydrogens (tertiary/aromatic N) is 16. The molecule has 0 bridgehead atoms. The first-order valence-corrected chi connectivity index (χ1v) is 59.3. The van der Waals surface area contributed by atoms with Crippen molar-refractivity contribution in [2.45, 2.75) is 184 Å². The molecule has 13 heterocycles. The van der Waals surface area contributed by atoms with E-state index in [-0.39, 0.29) is 36.4 Å². The van der Waals surface area contributed by atoms with E-state index >= 15 is 0 Å². The quantitative estimate of drug-likeness (QED) is 0.0132. The van der Waals surface area contributed by atoms with E-state index in [1.165, 1.54) is 51.2 Å². The predicted octanol–water partition coefficient (Wildman–Crippen LogP) is 9.14. The molecule has 2 unspecified atom stereocenters.